The molecule has 118 valence electrons. The zero-order valence-electron chi connectivity index (χ0n) is 13.7. The summed E-state index contributed by atoms with van der Waals surface area (Å²) in [4.78, 5) is 2.33. The summed E-state index contributed by atoms with van der Waals surface area (Å²) in [6, 6.07) is 8.53. The zero-order chi connectivity index (χ0) is 15.8. The minimum atomic E-state index is -0.257. The highest BCUT2D eigenvalue weighted by atomic mass is 79.9. The molecule has 1 heterocycles. The van der Waals surface area contributed by atoms with Crippen LogP contribution in [0.1, 0.15) is 33.3 Å². The second-order valence-corrected chi connectivity index (χ2v) is 8.18. The largest absolute Gasteiger partial charge is 0.368 e. The molecule has 2 atom stereocenters. The maximum Gasteiger partial charge on any atom is 0.0788 e. The van der Waals surface area contributed by atoms with Crippen LogP contribution in [0, 0.1) is 5.92 Å². The lowest BCUT2D eigenvalue weighted by atomic mass is 9.83. The van der Waals surface area contributed by atoms with Crippen molar-refractivity contribution in [2.24, 2.45) is 11.7 Å². The molecule has 2 rings (SSSR count). The third kappa shape index (κ3) is 3.86. The lowest BCUT2D eigenvalue weighted by Crippen LogP contribution is -2.47. The van der Waals surface area contributed by atoms with Crippen molar-refractivity contribution < 1.29 is 4.74 Å². The predicted molar refractivity (Wildman–Crippen MR) is 91.2 cm³/mol. The number of nitrogens with zero attached hydrogens (tertiary/aromatic N) is 1. The molecule has 0 amide bonds. The fraction of sp³-hybridized carbons (Fsp3) is 0.647. The van der Waals surface area contributed by atoms with Crippen molar-refractivity contribution in [2.75, 3.05) is 13.6 Å². The number of ether oxygens (including phenoxy) is 1. The van der Waals surface area contributed by atoms with Gasteiger partial charge >= 0.3 is 0 Å². The first-order valence-corrected chi connectivity index (χ1v) is 8.30. The summed E-state index contributed by atoms with van der Waals surface area (Å²) < 4.78 is 7.28. The smallest absolute Gasteiger partial charge is 0.0788 e. The van der Waals surface area contributed by atoms with Crippen LogP contribution in [-0.2, 0) is 11.3 Å². The Kier molecular flexibility index (Phi) is 4.84. The van der Waals surface area contributed by atoms with E-state index < -0.39 is 0 Å². The predicted octanol–water partition coefficient (Wildman–Crippen LogP) is 3.41. The van der Waals surface area contributed by atoms with Crippen LogP contribution in [0.25, 0.3) is 0 Å². The number of hydrogen-bond donors (Lipinski definition) is 1. The zero-order valence-corrected chi connectivity index (χ0v) is 15.3. The first-order chi connectivity index (χ1) is 9.62. The molecule has 1 saturated heterocycles. The van der Waals surface area contributed by atoms with E-state index in [2.05, 4.69) is 79.8 Å². The van der Waals surface area contributed by atoms with Crippen molar-refractivity contribution in [1.29, 1.82) is 0 Å². The van der Waals surface area contributed by atoms with Gasteiger partial charge in [0.25, 0.3) is 0 Å². The van der Waals surface area contributed by atoms with E-state index >= 15 is 0 Å². The topological polar surface area (TPSA) is 38.5 Å². The number of nitrogens with two attached hydrogens (primary N) is 1. The van der Waals surface area contributed by atoms with Crippen molar-refractivity contribution >= 4 is 15.9 Å². The SMILES string of the molecule is CN(Cc1ccc(Br)cc1)CC1C(N)C(C)(C)OC1(C)C. The summed E-state index contributed by atoms with van der Waals surface area (Å²) in [5, 5.41) is 0. The molecular weight excluding hydrogens is 328 g/mol. The second-order valence-electron chi connectivity index (χ2n) is 7.26. The fourth-order valence-electron chi connectivity index (χ4n) is 3.37. The number of rotatable bonds is 4. The third-order valence-corrected chi connectivity index (χ3v) is 5.06. The van der Waals surface area contributed by atoms with Gasteiger partial charge in [-0.1, -0.05) is 28.1 Å². The Morgan fingerprint density at radius 3 is 2.19 bits per heavy atom. The van der Waals surface area contributed by atoms with Crippen LogP contribution >= 0.6 is 15.9 Å². The molecule has 2 unspecified atom stereocenters. The average Bonchev–Trinajstić information content (AvgIpc) is 2.50. The quantitative estimate of drug-likeness (QED) is 0.900. The molecule has 1 aliphatic heterocycles. The van der Waals surface area contributed by atoms with Crippen LogP contribution in [0.3, 0.4) is 0 Å². The molecule has 1 aromatic carbocycles. The Labute approximate surface area is 137 Å². The summed E-state index contributed by atoms with van der Waals surface area (Å²) in [5.41, 5.74) is 7.31. The van der Waals surface area contributed by atoms with Crippen molar-refractivity contribution in [2.45, 2.75) is 51.5 Å². The van der Waals surface area contributed by atoms with Crippen LogP contribution in [0.2, 0.25) is 0 Å². The van der Waals surface area contributed by atoms with Crippen LogP contribution in [0.15, 0.2) is 28.7 Å². The molecule has 21 heavy (non-hydrogen) atoms. The minimum Gasteiger partial charge on any atom is -0.368 e. The highest BCUT2D eigenvalue weighted by Gasteiger charge is 2.52. The van der Waals surface area contributed by atoms with Gasteiger partial charge in [0.05, 0.1) is 11.2 Å². The Morgan fingerprint density at radius 2 is 1.71 bits per heavy atom. The molecule has 0 aromatic heterocycles. The van der Waals surface area contributed by atoms with Gasteiger partial charge in [0, 0.05) is 29.5 Å². The number of halogens is 1. The molecule has 0 aliphatic carbocycles. The second kappa shape index (κ2) is 5.99. The summed E-state index contributed by atoms with van der Waals surface area (Å²) in [6.45, 7) is 10.3. The van der Waals surface area contributed by atoms with Gasteiger partial charge in [-0.05, 0) is 52.4 Å². The highest BCUT2D eigenvalue weighted by Crippen LogP contribution is 2.41. The van der Waals surface area contributed by atoms with Gasteiger partial charge in [0.2, 0.25) is 0 Å². The number of benzene rings is 1. The lowest BCUT2D eigenvalue weighted by Gasteiger charge is -2.31. The van der Waals surface area contributed by atoms with Gasteiger partial charge in [0.1, 0.15) is 0 Å². The van der Waals surface area contributed by atoms with Gasteiger partial charge in [0.15, 0.2) is 0 Å². The monoisotopic (exact) mass is 354 g/mol. The molecule has 0 radical (unpaired) electrons. The van der Waals surface area contributed by atoms with Gasteiger partial charge in [-0.2, -0.15) is 0 Å². The van der Waals surface area contributed by atoms with Crippen LogP contribution in [-0.4, -0.2) is 35.7 Å². The molecular formula is C17H27BrN2O. The molecule has 4 heteroatoms. The summed E-state index contributed by atoms with van der Waals surface area (Å²) >= 11 is 3.47. The van der Waals surface area contributed by atoms with E-state index in [1.54, 1.807) is 0 Å². The van der Waals surface area contributed by atoms with Gasteiger partial charge < -0.3 is 15.4 Å². The molecule has 1 fully saturated rings. The molecule has 2 N–H and O–H groups in total. The van der Waals surface area contributed by atoms with Gasteiger partial charge in [-0.3, -0.25) is 0 Å². The Balaban J connectivity index is 2.02. The maximum absolute atomic E-state index is 6.44. The third-order valence-electron chi connectivity index (χ3n) is 4.53. The number of hydrogen-bond acceptors (Lipinski definition) is 3. The van der Waals surface area contributed by atoms with Crippen LogP contribution < -0.4 is 5.73 Å². The molecule has 3 nitrogen and oxygen atoms in total. The summed E-state index contributed by atoms with van der Waals surface area (Å²) in [7, 11) is 2.15. The van der Waals surface area contributed by atoms with Crippen molar-refractivity contribution in [1.82, 2.24) is 4.90 Å². The Bertz CT molecular complexity index is 484. The standard InChI is InChI=1S/C17H27BrN2O/c1-16(2)14(15(19)17(3,4)21-16)11-20(5)10-12-6-8-13(18)9-7-12/h6-9,14-15H,10-11,19H2,1-5H3. The van der Waals surface area contributed by atoms with E-state index in [1.807, 2.05) is 0 Å². The normalized spacial score (nSPS) is 27.2. The van der Waals surface area contributed by atoms with Gasteiger partial charge in [-0.25, -0.2) is 0 Å². The molecule has 0 bridgehead atoms. The van der Waals surface area contributed by atoms with Crippen LogP contribution in [0.5, 0.6) is 0 Å². The Hall–Kier alpha value is -0.420. The molecule has 1 aliphatic rings. The van der Waals surface area contributed by atoms with Crippen LogP contribution in [0.4, 0.5) is 0 Å². The molecule has 1 aromatic rings. The van der Waals surface area contributed by atoms with E-state index in [9.17, 15) is 0 Å². The van der Waals surface area contributed by atoms with Crippen molar-refractivity contribution in [3.63, 3.8) is 0 Å². The molecule has 0 spiro atoms. The lowest BCUT2D eigenvalue weighted by molar-refractivity contribution is -0.0782. The molecule has 0 saturated carbocycles. The van der Waals surface area contributed by atoms with E-state index in [0.29, 0.717) is 5.92 Å². The Morgan fingerprint density at radius 1 is 1.14 bits per heavy atom. The summed E-state index contributed by atoms with van der Waals surface area (Å²) in [5.74, 6) is 0.327. The first-order valence-electron chi connectivity index (χ1n) is 7.50. The van der Waals surface area contributed by atoms with Gasteiger partial charge in [-0.15, -0.1) is 0 Å². The van der Waals surface area contributed by atoms with Crippen molar-refractivity contribution in [3.8, 4) is 0 Å². The fourth-order valence-corrected chi connectivity index (χ4v) is 3.64. The minimum absolute atomic E-state index is 0.0554. The maximum atomic E-state index is 6.44. The van der Waals surface area contributed by atoms with E-state index in [-0.39, 0.29) is 17.2 Å². The van der Waals surface area contributed by atoms with E-state index in [4.69, 9.17) is 10.5 Å². The van der Waals surface area contributed by atoms with Crippen molar-refractivity contribution in [3.05, 3.63) is 34.3 Å². The highest BCUT2D eigenvalue weighted by molar-refractivity contribution is 9.10. The van der Waals surface area contributed by atoms with E-state index in [0.717, 1.165) is 17.6 Å². The average molecular weight is 355 g/mol. The van der Waals surface area contributed by atoms with E-state index in [1.165, 1.54) is 5.56 Å². The first kappa shape index (κ1) is 16.9. The summed E-state index contributed by atoms with van der Waals surface area (Å²) in [6.07, 6.45) is 0.